The molecule has 0 aliphatic rings. The van der Waals surface area contributed by atoms with Gasteiger partial charge in [-0.05, 0) is 34.1 Å². The van der Waals surface area contributed by atoms with Gasteiger partial charge in [0, 0.05) is 34.8 Å². The summed E-state index contributed by atoms with van der Waals surface area (Å²) in [6, 6.07) is 8.65. The number of nitrogens with one attached hydrogen (secondary N) is 1. The highest BCUT2D eigenvalue weighted by Crippen LogP contribution is 2.29. The van der Waals surface area contributed by atoms with E-state index in [9.17, 15) is 20.3 Å². The molecule has 0 atom stereocenters. The minimum atomic E-state index is -0.477. The Bertz CT molecular complexity index is 661. The molecule has 0 aliphatic carbocycles. The van der Waals surface area contributed by atoms with Crippen molar-refractivity contribution in [2.45, 2.75) is 6.54 Å². The molecule has 2 aromatic carbocycles. The predicted molar refractivity (Wildman–Crippen MR) is 77.9 cm³/mol. The van der Waals surface area contributed by atoms with Crippen LogP contribution >= 0.6 is 15.9 Å². The molecule has 0 fully saturated rings. The van der Waals surface area contributed by atoms with Crippen LogP contribution in [0.15, 0.2) is 40.9 Å². The third-order valence-corrected chi connectivity index (χ3v) is 3.39. The van der Waals surface area contributed by atoms with Gasteiger partial charge in [-0.15, -0.1) is 0 Å². The third-order valence-electron chi connectivity index (χ3n) is 2.70. The van der Waals surface area contributed by atoms with E-state index < -0.39 is 4.92 Å². The number of hydrogen-bond acceptors (Lipinski definition) is 5. The molecule has 0 radical (unpaired) electrons. The summed E-state index contributed by atoms with van der Waals surface area (Å²) in [5, 5.41) is 32.6. The smallest absolute Gasteiger partial charge is 0.271 e. The Morgan fingerprint density at radius 2 is 1.95 bits per heavy atom. The van der Waals surface area contributed by atoms with Crippen molar-refractivity contribution in [1.82, 2.24) is 0 Å². The molecular weight excluding hydrogens is 328 g/mol. The van der Waals surface area contributed by atoms with Gasteiger partial charge in [0.2, 0.25) is 0 Å². The topological polar surface area (TPSA) is 95.6 Å². The molecule has 0 unspecified atom stereocenters. The summed E-state index contributed by atoms with van der Waals surface area (Å²) in [7, 11) is 0. The maximum Gasteiger partial charge on any atom is 0.271 e. The Morgan fingerprint density at radius 1 is 1.20 bits per heavy atom. The number of phenolic OH excluding ortho intramolecular Hbond substituents is 2. The first-order valence-corrected chi connectivity index (χ1v) is 6.45. The Labute approximate surface area is 123 Å². The van der Waals surface area contributed by atoms with E-state index in [2.05, 4.69) is 21.2 Å². The molecule has 2 rings (SSSR count). The first-order valence-electron chi connectivity index (χ1n) is 5.66. The Morgan fingerprint density at radius 3 is 2.60 bits per heavy atom. The van der Waals surface area contributed by atoms with Gasteiger partial charge in [0.15, 0.2) is 0 Å². The van der Waals surface area contributed by atoms with Crippen molar-refractivity contribution in [3.05, 3.63) is 56.5 Å². The van der Waals surface area contributed by atoms with Crippen LogP contribution in [-0.2, 0) is 6.54 Å². The Kier molecular flexibility index (Phi) is 4.09. The molecule has 0 spiro atoms. The van der Waals surface area contributed by atoms with E-state index in [1.807, 2.05) is 0 Å². The summed E-state index contributed by atoms with van der Waals surface area (Å²) in [5.74, 6) is -0.0677. The minimum absolute atomic E-state index is 0.0226. The maximum atomic E-state index is 10.7. The lowest BCUT2D eigenvalue weighted by Gasteiger charge is -2.10. The molecule has 0 aliphatic heterocycles. The quantitative estimate of drug-likeness (QED) is 0.586. The normalized spacial score (nSPS) is 10.2. The van der Waals surface area contributed by atoms with Gasteiger partial charge in [-0.3, -0.25) is 10.1 Å². The van der Waals surface area contributed by atoms with E-state index in [1.165, 1.54) is 24.3 Å². The fourth-order valence-electron chi connectivity index (χ4n) is 1.65. The molecule has 2 aromatic rings. The van der Waals surface area contributed by atoms with Crippen molar-refractivity contribution in [2.75, 3.05) is 5.32 Å². The highest BCUT2D eigenvalue weighted by Gasteiger charge is 2.10. The van der Waals surface area contributed by atoms with Gasteiger partial charge in [0.05, 0.1) is 10.6 Å². The Hall–Kier alpha value is -2.28. The zero-order valence-electron chi connectivity index (χ0n) is 10.2. The lowest BCUT2D eigenvalue weighted by atomic mass is 10.2. The first kappa shape index (κ1) is 14.1. The van der Waals surface area contributed by atoms with Crippen molar-refractivity contribution in [1.29, 1.82) is 0 Å². The second-order valence-corrected chi connectivity index (χ2v) is 4.94. The summed E-state index contributed by atoms with van der Waals surface area (Å²) in [5.41, 5.74) is 1.10. The second kappa shape index (κ2) is 5.79. The summed E-state index contributed by atoms with van der Waals surface area (Å²) in [6.45, 7) is 0.270. The van der Waals surface area contributed by atoms with Gasteiger partial charge in [-0.2, -0.15) is 0 Å². The molecule has 0 heterocycles. The number of non-ortho nitro benzene ring substituents is 1. The fraction of sp³-hybridized carbons (Fsp3) is 0.0769. The first-order chi connectivity index (χ1) is 9.47. The van der Waals surface area contributed by atoms with Crippen LogP contribution in [0.4, 0.5) is 11.4 Å². The van der Waals surface area contributed by atoms with Gasteiger partial charge in [-0.1, -0.05) is 0 Å². The van der Waals surface area contributed by atoms with E-state index in [0.29, 0.717) is 15.7 Å². The highest BCUT2D eigenvalue weighted by atomic mass is 79.9. The number of phenols is 2. The van der Waals surface area contributed by atoms with Crippen LogP contribution in [0.2, 0.25) is 0 Å². The van der Waals surface area contributed by atoms with Crippen molar-refractivity contribution in [3.8, 4) is 11.5 Å². The van der Waals surface area contributed by atoms with Crippen molar-refractivity contribution in [2.24, 2.45) is 0 Å². The maximum absolute atomic E-state index is 10.7. The summed E-state index contributed by atoms with van der Waals surface area (Å²) >= 11 is 3.30. The molecule has 7 heteroatoms. The van der Waals surface area contributed by atoms with Gasteiger partial charge in [0.1, 0.15) is 11.5 Å². The summed E-state index contributed by atoms with van der Waals surface area (Å²) in [4.78, 5) is 10.2. The molecule has 0 bridgehead atoms. The average molecular weight is 339 g/mol. The van der Waals surface area contributed by atoms with Crippen molar-refractivity contribution >= 4 is 27.3 Å². The molecule has 0 amide bonds. The molecular formula is C13H11BrN2O4. The number of hydrogen-bond donors (Lipinski definition) is 3. The van der Waals surface area contributed by atoms with Crippen LogP contribution in [0.1, 0.15) is 5.56 Å². The van der Waals surface area contributed by atoms with Crippen LogP contribution in [0, 0.1) is 10.1 Å². The number of aromatic hydroxyl groups is 2. The predicted octanol–water partition coefficient (Wildman–Crippen LogP) is 3.38. The zero-order valence-corrected chi connectivity index (χ0v) is 11.8. The fourth-order valence-corrected chi connectivity index (χ4v) is 2.04. The zero-order chi connectivity index (χ0) is 14.7. The number of nitro groups is 1. The molecule has 3 N–H and O–H groups in total. The monoisotopic (exact) mass is 338 g/mol. The van der Waals surface area contributed by atoms with Crippen LogP contribution in [0.25, 0.3) is 0 Å². The molecule has 104 valence electrons. The molecule has 0 aromatic heterocycles. The number of rotatable bonds is 4. The lowest BCUT2D eigenvalue weighted by molar-refractivity contribution is -0.384. The molecule has 20 heavy (non-hydrogen) atoms. The number of benzene rings is 2. The summed E-state index contributed by atoms with van der Waals surface area (Å²) < 4.78 is 0.682. The van der Waals surface area contributed by atoms with E-state index in [-0.39, 0.29) is 23.7 Å². The van der Waals surface area contributed by atoms with Crippen LogP contribution in [0.5, 0.6) is 11.5 Å². The van der Waals surface area contributed by atoms with Gasteiger partial charge in [-0.25, -0.2) is 0 Å². The number of nitro benzene ring substituents is 1. The van der Waals surface area contributed by atoms with E-state index >= 15 is 0 Å². The van der Waals surface area contributed by atoms with Crippen LogP contribution in [-0.4, -0.2) is 15.1 Å². The van der Waals surface area contributed by atoms with E-state index in [4.69, 9.17) is 0 Å². The van der Waals surface area contributed by atoms with Crippen LogP contribution in [0.3, 0.4) is 0 Å². The molecule has 0 saturated heterocycles. The second-order valence-electron chi connectivity index (χ2n) is 4.09. The van der Waals surface area contributed by atoms with Gasteiger partial charge >= 0.3 is 0 Å². The Balaban J connectivity index is 2.18. The summed E-state index contributed by atoms with van der Waals surface area (Å²) in [6.07, 6.45) is 0. The van der Waals surface area contributed by atoms with Crippen molar-refractivity contribution in [3.63, 3.8) is 0 Å². The molecule has 0 saturated carbocycles. The van der Waals surface area contributed by atoms with Crippen molar-refractivity contribution < 1.29 is 15.1 Å². The van der Waals surface area contributed by atoms with E-state index in [0.717, 1.165) is 0 Å². The SMILES string of the molecule is O=[N+]([O-])c1ccc(Br)c(NCc2ccc(O)cc2O)c1. The number of nitrogens with zero attached hydrogens (tertiary/aromatic N) is 1. The lowest BCUT2D eigenvalue weighted by Crippen LogP contribution is -2.01. The largest absolute Gasteiger partial charge is 0.508 e. The number of anilines is 1. The number of halogens is 1. The van der Waals surface area contributed by atoms with Gasteiger partial charge in [0.25, 0.3) is 5.69 Å². The van der Waals surface area contributed by atoms with E-state index in [1.54, 1.807) is 12.1 Å². The van der Waals surface area contributed by atoms with Crippen LogP contribution < -0.4 is 5.32 Å². The highest BCUT2D eigenvalue weighted by molar-refractivity contribution is 9.10. The standard InChI is InChI=1S/C13H11BrN2O4/c14-11-4-2-9(16(19)20)5-12(11)15-7-8-1-3-10(17)6-13(8)18/h1-6,15,17-18H,7H2. The minimum Gasteiger partial charge on any atom is -0.508 e. The third kappa shape index (κ3) is 3.18. The molecule has 6 nitrogen and oxygen atoms in total. The average Bonchev–Trinajstić information content (AvgIpc) is 2.39. The van der Waals surface area contributed by atoms with Gasteiger partial charge < -0.3 is 15.5 Å².